The molecule has 172 valence electrons. The predicted molar refractivity (Wildman–Crippen MR) is 103 cm³/mol. The van der Waals surface area contributed by atoms with E-state index in [0.29, 0.717) is 12.8 Å². The fourth-order valence-electron chi connectivity index (χ4n) is 3.48. The Kier molecular flexibility index (Phi) is 6.21. The highest BCUT2D eigenvalue weighted by Crippen LogP contribution is 2.58. The molecule has 3 unspecified atom stereocenters. The van der Waals surface area contributed by atoms with Crippen LogP contribution in [-0.4, -0.2) is 76.5 Å². The van der Waals surface area contributed by atoms with Crippen LogP contribution in [0.2, 0.25) is 0 Å². The van der Waals surface area contributed by atoms with Gasteiger partial charge in [0.25, 0.3) is 5.56 Å². The summed E-state index contributed by atoms with van der Waals surface area (Å²) in [5, 5.41) is 20.7. The van der Waals surface area contributed by atoms with Crippen LogP contribution in [0.4, 0.5) is 0 Å². The molecule has 0 saturated carbocycles. The Bertz CT molecular complexity index is 1120. The lowest BCUT2D eigenvalue weighted by Gasteiger charge is -2.20. The van der Waals surface area contributed by atoms with Gasteiger partial charge in [-0.1, -0.05) is 0 Å². The molecule has 6 atom stereocenters. The highest BCUT2D eigenvalue weighted by Gasteiger charge is 2.46. The number of ether oxygens (including phenoxy) is 1. The van der Waals surface area contributed by atoms with E-state index in [9.17, 15) is 33.9 Å². The molecule has 3 aliphatic rings. The molecule has 0 aliphatic carbocycles. The second-order valence-electron chi connectivity index (χ2n) is 7.37. The second kappa shape index (κ2) is 8.47. The maximum absolute atomic E-state index is 12.7. The zero-order valence-electron chi connectivity index (χ0n) is 16.1. The molecule has 5 rings (SSSR count). The van der Waals surface area contributed by atoms with Gasteiger partial charge in [-0.3, -0.25) is 23.1 Å². The summed E-state index contributed by atoms with van der Waals surface area (Å²) in [4.78, 5) is 40.7. The molecular weight excluding hydrogens is 458 g/mol. The lowest BCUT2D eigenvalue weighted by atomic mass is 10.1. The number of aliphatic hydroxyl groups excluding tert-OH is 2. The van der Waals surface area contributed by atoms with Crippen LogP contribution >= 0.6 is 15.2 Å². The Balaban J connectivity index is 1.69. The first-order valence-corrected chi connectivity index (χ1v) is 13.0. The van der Waals surface area contributed by atoms with Crippen molar-refractivity contribution in [2.24, 2.45) is 0 Å². The number of aliphatic hydroxyl groups is 2. The van der Waals surface area contributed by atoms with E-state index < -0.39 is 57.8 Å². The van der Waals surface area contributed by atoms with Crippen molar-refractivity contribution >= 4 is 26.4 Å². The highest BCUT2D eigenvalue weighted by molar-refractivity contribution is 7.70. The zero-order valence-corrected chi connectivity index (χ0v) is 17.9. The van der Waals surface area contributed by atoms with Gasteiger partial charge in [-0.2, -0.15) is 0 Å². The van der Waals surface area contributed by atoms with Crippen LogP contribution in [-0.2, 0) is 29.5 Å². The molecular formula is C15H22N4O10P2. The topological polar surface area (TPSA) is 195 Å². The van der Waals surface area contributed by atoms with E-state index in [1.54, 1.807) is 0 Å². The SMILES string of the molecule is O=c1c2ncn3c2ncn1CCCCOP(=O)(O)CP(=O)(O)OC[C@@H]1O[C@H]3C(O)[C@H]1O. The molecule has 5 heterocycles. The molecule has 3 aliphatic heterocycles. The van der Waals surface area contributed by atoms with Crippen molar-refractivity contribution < 1.29 is 42.9 Å². The summed E-state index contributed by atoms with van der Waals surface area (Å²) in [5.41, 5.74) is -0.255. The largest absolute Gasteiger partial charge is 0.387 e. The molecule has 1 fully saturated rings. The first kappa shape index (κ1) is 22.7. The maximum atomic E-state index is 12.7. The Hall–Kier alpha value is -1.47. The first-order valence-electron chi connectivity index (χ1n) is 9.44. The van der Waals surface area contributed by atoms with Crippen LogP contribution in [0.3, 0.4) is 0 Å². The fourth-order valence-corrected chi connectivity index (χ4v) is 6.73. The van der Waals surface area contributed by atoms with Gasteiger partial charge in [0.2, 0.25) is 0 Å². The molecule has 2 aromatic heterocycles. The zero-order chi connectivity index (χ0) is 22.4. The summed E-state index contributed by atoms with van der Waals surface area (Å²) in [6.07, 6.45) is -2.17. The van der Waals surface area contributed by atoms with Gasteiger partial charge in [0.15, 0.2) is 23.3 Å². The van der Waals surface area contributed by atoms with Gasteiger partial charge < -0.3 is 33.8 Å². The minimum atomic E-state index is -4.57. The van der Waals surface area contributed by atoms with E-state index in [-0.39, 0.29) is 24.3 Å². The molecule has 14 nitrogen and oxygen atoms in total. The maximum Gasteiger partial charge on any atom is 0.340 e. The van der Waals surface area contributed by atoms with Crippen molar-refractivity contribution in [1.82, 2.24) is 19.1 Å². The molecule has 4 N–H and O–H groups in total. The third kappa shape index (κ3) is 4.68. The van der Waals surface area contributed by atoms with E-state index in [1.165, 1.54) is 21.8 Å². The summed E-state index contributed by atoms with van der Waals surface area (Å²) in [6, 6.07) is 0. The number of imidazole rings is 1. The van der Waals surface area contributed by atoms with Crippen molar-refractivity contribution in [3.63, 3.8) is 0 Å². The number of hydrogen-bond acceptors (Lipinski definition) is 10. The smallest absolute Gasteiger partial charge is 0.340 e. The lowest BCUT2D eigenvalue weighted by molar-refractivity contribution is -0.0484. The average molecular weight is 480 g/mol. The second-order valence-corrected chi connectivity index (χ2v) is 11.6. The van der Waals surface area contributed by atoms with Crippen molar-refractivity contribution in [2.75, 3.05) is 19.1 Å². The number of aryl methyl sites for hydroxylation is 1. The number of fused-ring (bicyclic) bond motifs is 10. The van der Waals surface area contributed by atoms with Crippen LogP contribution in [0.25, 0.3) is 11.2 Å². The Morgan fingerprint density at radius 3 is 2.55 bits per heavy atom. The molecule has 2 aromatic rings. The van der Waals surface area contributed by atoms with E-state index in [2.05, 4.69) is 9.97 Å². The third-order valence-corrected chi connectivity index (χ3v) is 9.04. The van der Waals surface area contributed by atoms with Crippen molar-refractivity contribution in [3.05, 3.63) is 23.0 Å². The molecule has 0 spiro atoms. The van der Waals surface area contributed by atoms with Gasteiger partial charge in [-0.05, 0) is 12.8 Å². The number of rotatable bonds is 0. The number of aromatic nitrogens is 4. The standard InChI is InChI=1S/C15H22N4O10P2/c20-11-9-5-28-31(25,26)8-30(23,24)27-4-2-1-3-18-6-17-13-10(14(18)22)16-7-19(13)15(29-9)12(11)21/h6-7,9,11-12,15,20-21H,1-5,8H2,(H,23,24)(H,25,26)/t9-,11-,12?,15-/m0/s1. The van der Waals surface area contributed by atoms with Gasteiger partial charge in [0, 0.05) is 6.54 Å². The third-order valence-electron chi connectivity index (χ3n) is 5.05. The van der Waals surface area contributed by atoms with Gasteiger partial charge in [-0.25, -0.2) is 9.97 Å². The van der Waals surface area contributed by atoms with E-state index in [0.717, 1.165) is 0 Å². The molecule has 31 heavy (non-hydrogen) atoms. The van der Waals surface area contributed by atoms with Crippen LogP contribution in [0.15, 0.2) is 17.4 Å². The molecule has 6 bridgehead atoms. The Morgan fingerprint density at radius 1 is 1.03 bits per heavy atom. The Morgan fingerprint density at radius 2 is 1.77 bits per heavy atom. The summed E-state index contributed by atoms with van der Waals surface area (Å²) in [6.45, 7) is -0.584. The summed E-state index contributed by atoms with van der Waals surface area (Å²) < 4.78 is 42.2. The molecule has 16 heteroatoms. The van der Waals surface area contributed by atoms with Gasteiger partial charge in [0.05, 0.1) is 19.5 Å². The van der Waals surface area contributed by atoms with E-state index >= 15 is 0 Å². The quantitative estimate of drug-likeness (QED) is 0.349. The minimum absolute atomic E-state index is 0.0320. The predicted octanol–water partition coefficient (Wildman–Crippen LogP) is -0.633. The van der Waals surface area contributed by atoms with E-state index in [1.807, 2.05) is 0 Å². The summed E-state index contributed by atoms with van der Waals surface area (Å²) >= 11 is 0. The molecule has 0 radical (unpaired) electrons. The highest BCUT2D eigenvalue weighted by atomic mass is 31.2. The van der Waals surface area contributed by atoms with Crippen LogP contribution in [0.1, 0.15) is 19.1 Å². The lowest BCUT2D eigenvalue weighted by Crippen LogP contribution is -2.33. The molecule has 0 amide bonds. The van der Waals surface area contributed by atoms with Gasteiger partial charge >= 0.3 is 15.2 Å². The summed E-state index contributed by atoms with van der Waals surface area (Å²) in [7, 11) is -9.00. The van der Waals surface area contributed by atoms with Crippen molar-refractivity contribution in [2.45, 2.75) is 43.9 Å². The molecule has 1 saturated heterocycles. The normalized spacial score (nSPS) is 37.8. The van der Waals surface area contributed by atoms with Crippen molar-refractivity contribution in [1.29, 1.82) is 0 Å². The first-order chi connectivity index (χ1) is 14.6. The van der Waals surface area contributed by atoms with E-state index in [4.69, 9.17) is 13.8 Å². The monoisotopic (exact) mass is 480 g/mol. The van der Waals surface area contributed by atoms with Gasteiger partial charge in [-0.15, -0.1) is 0 Å². The molecule has 0 aromatic carbocycles. The number of hydrogen-bond donors (Lipinski definition) is 4. The minimum Gasteiger partial charge on any atom is -0.387 e. The van der Waals surface area contributed by atoms with Crippen LogP contribution in [0.5, 0.6) is 0 Å². The van der Waals surface area contributed by atoms with Crippen LogP contribution < -0.4 is 5.56 Å². The Labute approximate surface area is 175 Å². The number of nitrogens with zero attached hydrogens (tertiary/aromatic N) is 4. The average Bonchev–Trinajstić information content (AvgIpc) is 3.22. The van der Waals surface area contributed by atoms with Gasteiger partial charge in [0.1, 0.15) is 24.6 Å². The van der Waals surface area contributed by atoms with Crippen molar-refractivity contribution in [3.8, 4) is 0 Å². The fraction of sp³-hybridized carbons (Fsp3) is 0.667. The summed E-state index contributed by atoms with van der Waals surface area (Å²) in [5.74, 6) is -1.14. The van der Waals surface area contributed by atoms with Crippen LogP contribution in [0, 0.1) is 0 Å².